The van der Waals surface area contributed by atoms with Crippen LogP contribution < -0.4 is 5.32 Å². The summed E-state index contributed by atoms with van der Waals surface area (Å²) >= 11 is 0. The Labute approximate surface area is 132 Å². The first-order valence-corrected chi connectivity index (χ1v) is 8.28. The third kappa shape index (κ3) is 4.80. The fourth-order valence-corrected chi connectivity index (χ4v) is 3.12. The van der Waals surface area contributed by atoms with Crippen LogP contribution in [-0.4, -0.2) is 37.5 Å². The molecular weight excluding hydrogens is 279 g/mol. The molecule has 1 fully saturated rings. The van der Waals surface area contributed by atoms with Gasteiger partial charge in [-0.25, -0.2) is 4.39 Å². The number of nitrogens with zero attached hydrogens (tertiary/aromatic N) is 1. The minimum atomic E-state index is -0.231. The van der Waals surface area contributed by atoms with Gasteiger partial charge in [0.1, 0.15) is 5.82 Å². The molecule has 22 heavy (non-hydrogen) atoms. The van der Waals surface area contributed by atoms with Gasteiger partial charge in [0.25, 0.3) is 0 Å². The molecule has 1 unspecified atom stereocenters. The number of rotatable bonds is 6. The molecule has 0 saturated carbocycles. The van der Waals surface area contributed by atoms with Gasteiger partial charge < -0.3 is 10.2 Å². The first-order chi connectivity index (χ1) is 10.6. The zero-order valence-electron chi connectivity index (χ0n) is 13.6. The van der Waals surface area contributed by atoms with Crippen LogP contribution >= 0.6 is 0 Å². The summed E-state index contributed by atoms with van der Waals surface area (Å²) in [5.41, 5.74) is 1.03. The number of piperidine rings is 1. The third-order valence-electron chi connectivity index (χ3n) is 4.69. The van der Waals surface area contributed by atoms with E-state index in [1.807, 2.05) is 18.9 Å². The summed E-state index contributed by atoms with van der Waals surface area (Å²) in [6, 6.07) is 6.47. The zero-order chi connectivity index (χ0) is 15.9. The van der Waals surface area contributed by atoms with Crippen molar-refractivity contribution in [1.29, 1.82) is 0 Å². The molecule has 1 N–H and O–H groups in total. The minimum Gasteiger partial charge on any atom is -0.343 e. The van der Waals surface area contributed by atoms with E-state index in [0.29, 0.717) is 6.42 Å². The maximum Gasteiger partial charge on any atom is 0.223 e. The van der Waals surface area contributed by atoms with Crippen LogP contribution in [0.25, 0.3) is 0 Å². The smallest absolute Gasteiger partial charge is 0.223 e. The predicted molar refractivity (Wildman–Crippen MR) is 87.3 cm³/mol. The van der Waals surface area contributed by atoms with Crippen molar-refractivity contribution in [3.05, 3.63) is 35.6 Å². The van der Waals surface area contributed by atoms with E-state index in [4.69, 9.17) is 0 Å². The van der Waals surface area contributed by atoms with E-state index in [2.05, 4.69) is 5.32 Å². The monoisotopic (exact) mass is 306 g/mol. The molecule has 0 spiro atoms. The second kappa shape index (κ2) is 8.28. The second-order valence-corrected chi connectivity index (χ2v) is 6.37. The molecule has 1 saturated heterocycles. The first kappa shape index (κ1) is 16.9. The molecule has 1 aromatic rings. The van der Waals surface area contributed by atoms with Gasteiger partial charge in [-0.1, -0.05) is 19.1 Å². The zero-order valence-corrected chi connectivity index (χ0v) is 13.6. The van der Waals surface area contributed by atoms with Crippen molar-refractivity contribution in [3.63, 3.8) is 0 Å². The van der Waals surface area contributed by atoms with Gasteiger partial charge in [0, 0.05) is 19.5 Å². The second-order valence-electron chi connectivity index (χ2n) is 6.37. The number of likely N-dealkylation sites (tertiary alicyclic amines) is 1. The number of halogens is 1. The lowest BCUT2D eigenvalue weighted by Crippen LogP contribution is -2.39. The summed E-state index contributed by atoms with van der Waals surface area (Å²) in [6.07, 6.45) is 3.92. The molecular formula is C18H27FN2O. The van der Waals surface area contributed by atoms with Crippen molar-refractivity contribution < 1.29 is 9.18 Å². The van der Waals surface area contributed by atoms with Gasteiger partial charge in [0.05, 0.1) is 0 Å². The maximum atomic E-state index is 12.9. The lowest BCUT2D eigenvalue weighted by molar-refractivity contribution is -0.132. The van der Waals surface area contributed by atoms with Gasteiger partial charge in [-0.2, -0.15) is 0 Å². The Morgan fingerprint density at radius 1 is 1.32 bits per heavy atom. The van der Waals surface area contributed by atoms with Crippen molar-refractivity contribution in [1.82, 2.24) is 10.2 Å². The molecule has 3 nitrogen and oxygen atoms in total. The Bertz CT molecular complexity index is 466. The molecule has 1 heterocycles. The molecule has 1 amide bonds. The number of amides is 1. The van der Waals surface area contributed by atoms with Gasteiger partial charge in [-0.3, -0.25) is 4.79 Å². The van der Waals surface area contributed by atoms with Crippen LogP contribution in [0.4, 0.5) is 4.39 Å². The van der Waals surface area contributed by atoms with Gasteiger partial charge in [-0.05, 0) is 62.4 Å². The topological polar surface area (TPSA) is 32.3 Å². The average Bonchev–Trinajstić information content (AvgIpc) is 2.54. The molecule has 2 rings (SSSR count). The summed E-state index contributed by atoms with van der Waals surface area (Å²) in [7, 11) is 1.98. The minimum absolute atomic E-state index is 0.134. The van der Waals surface area contributed by atoms with Crippen LogP contribution in [0.1, 0.15) is 44.1 Å². The number of hydrogen-bond donors (Lipinski definition) is 1. The lowest BCUT2D eigenvalue weighted by Gasteiger charge is -2.32. The summed E-state index contributed by atoms with van der Waals surface area (Å²) in [6.45, 7) is 4.84. The van der Waals surface area contributed by atoms with Gasteiger partial charge in [-0.15, -0.1) is 0 Å². The Hall–Kier alpha value is -1.42. The molecule has 0 aromatic heterocycles. The van der Waals surface area contributed by atoms with Crippen LogP contribution in [0.3, 0.4) is 0 Å². The highest BCUT2D eigenvalue weighted by Crippen LogP contribution is 2.24. The average molecular weight is 306 g/mol. The lowest BCUT2D eigenvalue weighted by atomic mass is 9.92. The van der Waals surface area contributed by atoms with E-state index in [-0.39, 0.29) is 17.6 Å². The SMILES string of the molecule is CNCCC1CCN(C(=O)CC(C)c2ccc(F)cc2)CC1. The summed E-state index contributed by atoms with van der Waals surface area (Å²) in [5.74, 6) is 0.871. The number of carbonyl (C=O) groups excluding carboxylic acids is 1. The fraction of sp³-hybridized carbons (Fsp3) is 0.611. The van der Waals surface area contributed by atoms with Gasteiger partial charge in [0.2, 0.25) is 5.91 Å². The molecule has 4 heteroatoms. The molecule has 122 valence electrons. The van der Waals surface area contributed by atoms with E-state index in [1.165, 1.54) is 18.6 Å². The van der Waals surface area contributed by atoms with E-state index >= 15 is 0 Å². The van der Waals surface area contributed by atoms with Crippen molar-refractivity contribution >= 4 is 5.91 Å². The Balaban J connectivity index is 1.79. The number of hydrogen-bond acceptors (Lipinski definition) is 2. The van der Waals surface area contributed by atoms with E-state index in [0.717, 1.165) is 44.0 Å². The largest absolute Gasteiger partial charge is 0.343 e. The molecule has 0 bridgehead atoms. The van der Waals surface area contributed by atoms with Crippen molar-refractivity contribution in [2.24, 2.45) is 5.92 Å². The quantitative estimate of drug-likeness (QED) is 0.875. The van der Waals surface area contributed by atoms with E-state index in [9.17, 15) is 9.18 Å². The predicted octanol–water partition coefficient (Wildman–Crippen LogP) is 3.17. The fourth-order valence-electron chi connectivity index (χ4n) is 3.12. The molecule has 0 radical (unpaired) electrons. The van der Waals surface area contributed by atoms with Crippen LogP contribution in [0, 0.1) is 11.7 Å². The highest BCUT2D eigenvalue weighted by Gasteiger charge is 2.23. The molecule has 1 aliphatic heterocycles. The third-order valence-corrected chi connectivity index (χ3v) is 4.69. The van der Waals surface area contributed by atoms with Crippen LogP contribution in [-0.2, 0) is 4.79 Å². The normalized spacial score (nSPS) is 17.5. The number of nitrogens with one attached hydrogen (secondary N) is 1. The molecule has 1 atom stereocenters. The Kier molecular flexibility index (Phi) is 6.37. The molecule has 1 aromatic carbocycles. The molecule has 1 aliphatic rings. The van der Waals surface area contributed by atoms with Crippen molar-refractivity contribution in [3.8, 4) is 0 Å². The first-order valence-electron chi connectivity index (χ1n) is 8.28. The summed E-state index contributed by atoms with van der Waals surface area (Å²) in [5, 5.41) is 3.19. The Morgan fingerprint density at radius 2 is 1.95 bits per heavy atom. The Morgan fingerprint density at radius 3 is 2.55 bits per heavy atom. The maximum absolute atomic E-state index is 12.9. The molecule has 0 aliphatic carbocycles. The number of carbonyl (C=O) groups is 1. The highest BCUT2D eigenvalue weighted by molar-refractivity contribution is 5.77. The van der Waals surface area contributed by atoms with E-state index in [1.54, 1.807) is 12.1 Å². The van der Waals surface area contributed by atoms with E-state index < -0.39 is 0 Å². The summed E-state index contributed by atoms with van der Waals surface area (Å²) in [4.78, 5) is 14.4. The number of benzene rings is 1. The van der Waals surface area contributed by atoms with Crippen LogP contribution in [0.2, 0.25) is 0 Å². The van der Waals surface area contributed by atoms with Crippen LogP contribution in [0.5, 0.6) is 0 Å². The summed E-state index contributed by atoms with van der Waals surface area (Å²) < 4.78 is 12.9. The van der Waals surface area contributed by atoms with Crippen LogP contribution in [0.15, 0.2) is 24.3 Å². The standard InChI is InChI=1S/C18H27FN2O/c1-14(16-3-5-17(19)6-4-16)13-18(22)21-11-8-15(9-12-21)7-10-20-2/h3-6,14-15,20H,7-13H2,1-2H3. The van der Waals surface area contributed by atoms with Gasteiger partial charge >= 0.3 is 0 Å². The highest BCUT2D eigenvalue weighted by atomic mass is 19.1. The van der Waals surface area contributed by atoms with Gasteiger partial charge in [0.15, 0.2) is 0 Å². The van der Waals surface area contributed by atoms with Crippen molar-refractivity contribution in [2.75, 3.05) is 26.7 Å². The van der Waals surface area contributed by atoms with Crippen molar-refractivity contribution in [2.45, 2.75) is 38.5 Å².